The largest absolute Gasteiger partial charge is 0.395 e. The summed E-state index contributed by atoms with van der Waals surface area (Å²) in [6.07, 6.45) is 1.40. The van der Waals surface area contributed by atoms with Crippen molar-refractivity contribution in [2.75, 3.05) is 64.9 Å². The highest BCUT2D eigenvalue weighted by atomic mass is 16.3. The van der Waals surface area contributed by atoms with E-state index < -0.39 is 0 Å². The smallest absolute Gasteiger partial charge is 0.236 e. The lowest BCUT2D eigenvalue weighted by Gasteiger charge is -2.31. The van der Waals surface area contributed by atoms with E-state index in [0.29, 0.717) is 18.6 Å². The van der Waals surface area contributed by atoms with Crippen LogP contribution >= 0.6 is 0 Å². The number of piperazine rings is 1. The number of aromatic nitrogens is 2. The lowest BCUT2D eigenvalue weighted by Crippen LogP contribution is -2.45. The fourth-order valence-corrected chi connectivity index (χ4v) is 3.98. The summed E-state index contributed by atoms with van der Waals surface area (Å²) < 4.78 is 0. The molecule has 1 saturated heterocycles. The predicted octanol–water partition coefficient (Wildman–Crippen LogP) is 2.14. The molecule has 1 aromatic heterocycles. The van der Waals surface area contributed by atoms with Crippen LogP contribution in [0.3, 0.4) is 0 Å². The minimum absolute atomic E-state index is 0.153. The summed E-state index contributed by atoms with van der Waals surface area (Å²) in [6.45, 7) is 9.78. The molecule has 196 valence electrons. The molecule has 1 aliphatic rings. The molecule has 0 spiro atoms. The number of likely N-dealkylation sites (N-methyl/N-ethyl adjacent to an activating group) is 2. The Morgan fingerprint density at radius 1 is 1.17 bits per heavy atom. The number of rotatable bonds is 8. The number of aromatic amines is 1. The van der Waals surface area contributed by atoms with Gasteiger partial charge in [0.05, 0.1) is 24.2 Å². The number of β-amino-alcohol motifs (C(OH)–C–C–N with tert-alkyl or cyclic N) is 1. The van der Waals surface area contributed by atoms with Crippen molar-refractivity contribution >= 4 is 28.9 Å². The first-order valence-electron chi connectivity index (χ1n) is 12.4. The van der Waals surface area contributed by atoms with Crippen molar-refractivity contribution in [2.24, 2.45) is 5.73 Å². The first-order valence-corrected chi connectivity index (χ1v) is 12.4. The number of carbonyl (C=O) groups is 2. The molecule has 2 heterocycles. The van der Waals surface area contributed by atoms with Gasteiger partial charge in [0, 0.05) is 57.4 Å². The SMILES string of the molecule is CC.CN(CC(N)=O)c1ccccc1Cc1nc2ccc(C=O)cc2[nH]1.CN1CCN(CCO)CC1. The van der Waals surface area contributed by atoms with Crippen molar-refractivity contribution in [1.82, 2.24) is 19.8 Å². The summed E-state index contributed by atoms with van der Waals surface area (Å²) in [6, 6.07) is 13.2. The lowest BCUT2D eigenvalue weighted by atomic mass is 10.1. The monoisotopic (exact) mass is 496 g/mol. The zero-order chi connectivity index (χ0) is 26.5. The first-order chi connectivity index (χ1) is 17.4. The van der Waals surface area contributed by atoms with E-state index in [2.05, 4.69) is 26.8 Å². The van der Waals surface area contributed by atoms with E-state index in [-0.39, 0.29) is 12.5 Å². The quantitative estimate of drug-likeness (QED) is 0.409. The van der Waals surface area contributed by atoms with Gasteiger partial charge in [-0.3, -0.25) is 14.5 Å². The van der Waals surface area contributed by atoms with Gasteiger partial charge in [-0.25, -0.2) is 4.98 Å². The highest BCUT2D eigenvalue weighted by molar-refractivity contribution is 5.85. The van der Waals surface area contributed by atoms with E-state index in [0.717, 1.165) is 67.1 Å². The van der Waals surface area contributed by atoms with E-state index in [1.54, 1.807) is 12.1 Å². The van der Waals surface area contributed by atoms with Crippen LogP contribution in [0.2, 0.25) is 0 Å². The van der Waals surface area contributed by atoms with Crippen molar-refractivity contribution in [3.8, 4) is 0 Å². The molecule has 0 radical (unpaired) electrons. The summed E-state index contributed by atoms with van der Waals surface area (Å²) in [5.41, 5.74) is 9.52. The van der Waals surface area contributed by atoms with Crippen molar-refractivity contribution in [1.29, 1.82) is 0 Å². The number of hydrogen-bond acceptors (Lipinski definition) is 7. The number of amides is 1. The normalized spacial score (nSPS) is 13.8. The number of aliphatic hydroxyl groups is 1. The molecule has 4 N–H and O–H groups in total. The van der Waals surface area contributed by atoms with Crippen molar-refractivity contribution in [3.63, 3.8) is 0 Å². The molecule has 0 saturated carbocycles. The van der Waals surface area contributed by atoms with Gasteiger partial charge in [0.25, 0.3) is 0 Å². The highest BCUT2D eigenvalue weighted by Crippen LogP contribution is 2.22. The number of aldehydes is 1. The van der Waals surface area contributed by atoms with E-state index in [1.165, 1.54) is 0 Å². The van der Waals surface area contributed by atoms with Crippen LogP contribution in [0.4, 0.5) is 5.69 Å². The molecule has 1 amide bonds. The predicted molar refractivity (Wildman–Crippen MR) is 146 cm³/mol. The molecule has 0 unspecified atom stereocenters. The molecular weight excluding hydrogens is 456 g/mol. The van der Waals surface area contributed by atoms with Gasteiger partial charge in [-0.1, -0.05) is 32.0 Å². The number of H-pyrrole nitrogens is 1. The van der Waals surface area contributed by atoms with Crippen molar-refractivity contribution < 1.29 is 14.7 Å². The van der Waals surface area contributed by atoms with E-state index in [9.17, 15) is 9.59 Å². The van der Waals surface area contributed by atoms with Gasteiger partial charge < -0.3 is 25.6 Å². The molecular formula is C27H40N6O3. The molecule has 2 aromatic carbocycles. The van der Waals surface area contributed by atoms with Crippen LogP contribution in [-0.2, 0) is 11.2 Å². The molecule has 9 heteroatoms. The molecule has 4 rings (SSSR count). The summed E-state index contributed by atoms with van der Waals surface area (Å²) in [7, 11) is 3.97. The third kappa shape index (κ3) is 8.75. The molecule has 3 aromatic rings. The van der Waals surface area contributed by atoms with Gasteiger partial charge in [0.1, 0.15) is 12.1 Å². The molecule has 0 aliphatic carbocycles. The number of hydrogen-bond donors (Lipinski definition) is 3. The van der Waals surface area contributed by atoms with E-state index in [1.807, 2.05) is 56.1 Å². The third-order valence-corrected chi connectivity index (χ3v) is 5.86. The Labute approximate surface area is 213 Å². The van der Waals surface area contributed by atoms with Gasteiger partial charge in [0.15, 0.2) is 0 Å². The Balaban J connectivity index is 0.000000318. The van der Waals surface area contributed by atoms with Crippen LogP contribution in [0.25, 0.3) is 11.0 Å². The Bertz CT molecular complexity index is 1090. The number of para-hydroxylation sites is 1. The number of carbonyl (C=O) groups excluding carboxylic acids is 2. The van der Waals surface area contributed by atoms with Gasteiger partial charge in [0.2, 0.25) is 5.91 Å². The number of nitrogens with two attached hydrogens (primary N) is 1. The Morgan fingerprint density at radius 2 is 1.86 bits per heavy atom. The van der Waals surface area contributed by atoms with E-state index in [4.69, 9.17) is 10.8 Å². The Hall–Kier alpha value is -3.27. The number of benzene rings is 2. The fraction of sp³-hybridized carbons (Fsp3) is 0.444. The van der Waals surface area contributed by atoms with Crippen LogP contribution in [-0.4, -0.2) is 97.0 Å². The fourth-order valence-electron chi connectivity index (χ4n) is 3.98. The maximum absolute atomic E-state index is 11.2. The topological polar surface area (TPSA) is 119 Å². The van der Waals surface area contributed by atoms with Crippen LogP contribution in [0.5, 0.6) is 0 Å². The van der Waals surface area contributed by atoms with Gasteiger partial charge in [-0.2, -0.15) is 0 Å². The highest BCUT2D eigenvalue weighted by Gasteiger charge is 2.13. The van der Waals surface area contributed by atoms with Gasteiger partial charge in [-0.05, 0) is 36.9 Å². The number of primary amides is 1. The van der Waals surface area contributed by atoms with Crippen LogP contribution in [0.15, 0.2) is 42.5 Å². The van der Waals surface area contributed by atoms with Crippen LogP contribution in [0, 0.1) is 0 Å². The molecule has 0 atom stereocenters. The maximum Gasteiger partial charge on any atom is 0.236 e. The van der Waals surface area contributed by atoms with Crippen molar-refractivity contribution in [2.45, 2.75) is 20.3 Å². The summed E-state index contributed by atoms with van der Waals surface area (Å²) >= 11 is 0. The second-order valence-corrected chi connectivity index (χ2v) is 8.57. The third-order valence-electron chi connectivity index (χ3n) is 5.86. The van der Waals surface area contributed by atoms with E-state index >= 15 is 0 Å². The number of imidazole rings is 1. The molecule has 9 nitrogen and oxygen atoms in total. The standard InChI is InChI=1S/C18H18N4O2.C7H16N2O.C2H6/c1-22(10-17(19)24)16-5-3-2-4-13(16)9-18-20-14-7-6-12(11-23)8-15(14)21-18;1-8-2-4-9(5-3-8)6-7-10;1-2/h2-8,11H,9-10H2,1H3,(H2,19,24)(H,20,21);10H,2-7H2,1H3;1-2H3. The zero-order valence-electron chi connectivity index (χ0n) is 21.9. The lowest BCUT2D eigenvalue weighted by molar-refractivity contribution is -0.116. The first kappa shape index (κ1) is 29.0. The number of anilines is 1. The molecule has 0 bridgehead atoms. The summed E-state index contributed by atoms with van der Waals surface area (Å²) in [4.78, 5) is 36.3. The minimum atomic E-state index is -0.377. The number of nitrogens with zero attached hydrogens (tertiary/aromatic N) is 4. The minimum Gasteiger partial charge on any atom is -0.395 e. The average Bonchev–Trinajstić information content (AvgIpc) is 3.28. The number of nitrogens with one attached hydrogen (secondary N) is 1. The second kappa shape index (κ2) is 15.0. The zero-order valence-corrected chi connectivity index (χ0v) is 21.9. The maximum atomic E-state index is 11.2. The van der Waals surface area contributed by atoms with Gasteiger partial charge in [-0.15, -0.1) is 0 Å². The summed E-state index contributed by atoms with van der Waals surface area (Å²) in [5.74, 6) is 0.422. The molecule has 1 fully saturated rings. The average molecular weight is 497 g/mol. The number of aliphatic hydroxyl groups excluding tert-OH is 1. The van der Waals surface area contributed by atoms with Crippen LogP contribution < -0.4 is 10.6 Å². The summed E-state index contributed by atoms with van der Waals surface area (Å²) in [5, 5.41) is 8.63. The van der Waals surface area contributed by atoms with Gasteiger partial charge >= 0.3 is 0 Å². The van der Waals surface area contributed by atoms with Crippen molar-refractivity contribution in [3.05, 3.63) is 59.4 Å². The molecule has 36 heavy (non-hydrogen) atoms. The van der Waals surface area contributed by atoms with Crippen LogP contribution in [0.1, 0.15) is 35.6 Å². The second-order valence-electron chi connectivity index (χ2n) is 8.57. The number of fused-ring (bicyclic) bond motifs is 1. The molecule has 1 aliphatic heterocycles. The Morgan fingerprint density at radius 3 is 2.50 bits per heavy atom. The Kier molecular flexibility index (Phi) is 12.0.